The van der Waals surface area contributed by atoms with Gasteiger partial charge in [-0.15, -0.1) is 0 Å². The molecule has 0 aromatic rings. The van der Waals surface area contributed by atoms with Crippen molar-refractivity contribution in [3.63, 3.8) is 0 Å². The van der Waals surface area contributed by atoms with Crippen molar-refractivity contribution in [1.29, 1.82) is 0 Å². The molecule has 5 nitrogen and oxygen atoms in total. The van der Waals surface area contributed by atoms with E-state index in [4.69, 9.17) is 22.7 Å². The molecule has 2 amide bonds. The first-order valence-corrected chi connectivity index (χ1v) is 5.13. The summed E-state index contributed by atoms with van der Waals surface area (Å²) in [5, 5.41) is 0. The number of methoxy groups -OCH3 is 1. The van der Waals surface area contributed by atoms with Crippen LogP contribution in [0.2, 0.25) is 0 Å². The average molecular weight is 233 g/mol. The van der Waals surface area contributed by atoms with Crippen molar-refractivity contribution in [2.75, 3.05) is 40.9 Å². The van der Waals surface area contributed by atoms with E-state index in [9.17, 15) is 4.79 Å². The van der Waals surface area contributed by atoms with Crippen molar-refractivity contribution in [1.82, 2.24) is 9.80 Å². The molecule has 0 saturated heterocycles. The lowest BCUT2D eigenvalue weighted by atomic mass is 10.4. The van der Waals surface area contributed by atoms with E-state index >= 15 is 0 Å². The molecule has 0 fully saturated rings. The van der Waals surface area contributed by atoms with Crippen LogP contribution in [0.1, 0.15) is 6.42 Å². The average Bonchev–Trinajstić information content (AvgIpc) is 2.16. The summed E-state index contributed by atoms with van der Waals surface area (Å²) in [4.78, 5) is 15.3. The first kappa shape index (κ1) is 14.1. The summed E-state index contributed by atoms with van der Waals surface area (Å²) < 4.78 is 4.93. The van der Waals surface area contributed by atoms with E-state index in [0.717, 1.165) is 0 Å². The summed E-state index contributed by atoms with van der Waals surface area (Å²) in [5.74, 6) is 0. The van der Waals surface area contributed by atoms with E-state index in [1.807, 2.05) is 0 Å². The van der Waals surface area contributed by atoms with Gasteiger partial charge < -0.3 is 20.3 Å². The zero-order valence-electron chi connectivity index (χ0n) is 9.52. The number of carbonyl (C=O) groups excluding carboxylic acids is 1. The Morgan fingerprint density at radius 1 is 1.40 bits per heavy atom. The third-order valence-corrected chi connectivity index (χ3v) is 2.05. The van der Waals surface area contributed by atoms with Crippen LogP contribution >= 0.6 is 12.2 Å². The second-order valence-corrected chi connectivity index (χ2v) is 3.90. The van der Waals surface area contributed by atoms with Gasteiger partial charge in [-0.3, -0.25) is 0 Å². The summed E-state index contributed by atoms with van der Waals surface area (Å²) in [6, 6.07) is -0.0525. The molecule has 0 aliphatic heterocycles. The zero-order valence-corrected chi connectivity index (χ0v) is 10.3. The van der Waals surface area contributed by atoms with Crippen LogP contribution in [0, 0.1) is 0 Å². The number of nitrogens with two attached hydrogens (primary N) is 1. The van der Waals surface area contributed by atoms with Gasteiger partial charge in [-0.25, -0.2) is 4.79 Å². The van der Waals surface area contributed by atoms with E-state index in [2.05, 4.69) is 0 Å². The molecular weight excluding hydrogens is 214 g/mol. The molecule has 0 heterocycles. The van der Waals surface area contributed by atoms with Crippen LogP contribution in [-0.4, -0.2) is 61.7 Å². The zero-order chi connectivity index (χ0) is 11.8. The Morgan fingerprint density at radius 2 is 2.00 bits per heavy atom. The first-order valence-electron chi connectivity index (χ1n) is 4.72. The van der Waals surface area contributed by atoms with Gasteiger partial charge in [0.1, 0.15) is 0 Å². The molecule has 0 spiro atoms. The van der Waals surface area contributed by atoms with Crippen LogP contribution in [0.3, 0.4) is 0 Å². The molecule has 0 aliphatic carbocycles. The van der Waals surface area contributed by atoms with Gasteiger partial charge in [-0.1, -0.05) is 12.2 Å². The third-order valence-electron chi connectivity index (χ3n) is 1.85. The number of hydrogen-bond donors (Lipinski definition) is 1. The predicted octanol–water partition coefficient (Wildman–Crippen LogP) is 0.293. The Balaban J connectivity index is 4.17. The molecule has 6 heteroatoms. The van der Waals surface area contributed by atoms with Crippen LogP contribution in [0.5, 0.6) is 0 Å². The predicted molar refractivity (Wildman–Crippen MR) is 63.9 cm³/mol. The smallest absolute Gasteiger partial charge is 0.319 e. The SMILES string of the molecule is COCCN(CCC(N)=S)C(=O)N(C)C. The van der Waals surface area contributed by atoms with Gasteiger partial charge in [0.15, 0.2) is 0 Å². The highest BCUT2D eigenvalue weighted by atomic mass is 32.1. The second kappa shape index (κ2) is 7.42. The van der Waals surface area contributed by atoms with Gasteiger partial charge in [-0.2, -0.15) is 0 Å². The van der Waals surface area contributed by atoms with Crippen LogP contribution < -0.4 is 5.73 Å². The van der Waals surface area contributed by atoms with Crippen LogP contribution in [0.15, 0.2) is 0 Å². The Morgan fingerprint density at radius 3 is 2.40 bits per heavy atom. The Kier molecular flexibility index (Phi) is 6.98. The van der Waals surface area contributed by atoms with E-state index < -0.39 is 0 Å². The number of ether oxygens (including phenoxy) is 1. The topological polar surface area (TPSA) is 58.8 Å². The molecule has 0 aromatic carbocycles. The second-order valence-electron chi connectivity index (χ2n) is 3.37. The Labute approximate surface area is 96.2 Å². The maximum atomic E-state index is 11.7. The van der Waals surface area contributed by atoms with Gasteiger partial charge in [0.25, 0.3) is 0 Å². The van der Waals surface area contributed by atoms with Crippen LogP contribution in [0.4, 0.5) is 4.79 Å². The highest BCUT2D eigenvalue weighted by Crippen LogP contribution is 1.97. The minimum absolute atomic E-state index is 0.0525. The molecule has 0 aliphatic rings. The standard InChI is InChI=1S/C9H19N3O2S/c1-11(2)9(13)12(6-7-14-3)5-4-8(10)15/h4-7H2,1-3H3,(H2,10,15). The Bertz CT molecular complexity index is 221. The van der Waals surface area contributed by atoms with Crippen LogP contribution in [-0.2, 0) is 4.74 Å². The van der Waals surface area contributed by atoms with Crippen molar-refractivity contribution in [3.8, 4) is 0 Å². The molecule has 88 valence electrons. The number of nitrogens with zero attached hydrogens (tertiary/aromatic N) is 2. The largest absolute Gasteiger partial charge is 0.393 e. The van der Waals surface area contributed by atoms with Crippen molar-refractivity contribution >= 4 is 23.2 Å². The fourth-order valence-corrected chi connectivity index (χ4v) is 1.12. The minimum atomic E-state index is -0.0525. The van der Waals surface area contributed by atoms with Gasteiger partial charge in [0, 0.05) is 40.7 Å². The van der Waals surface area contributed by atoms with Crippen molar-refractivity contribution in [3.05, 3.63) is 0 Å². The number of hydrogen-bond acceptors (Lipinski definition) is 3. The molecule has 0 unspecified atom stereocenters. The molecule has 2 N–H and O–H groups in total. The summed E-state index contributed by atoms with van der Waals surface area (Å²) >= 11 is 4.77. The highest BCUT2D eigenvalue weighted by molar-refractivity contribution is 7.80. The van der Waals surface area contributed by atoms with E-state index in [1.165, 1.54) is 4.90 Å². The lowest BCUT2D eigenvalue weighted by molar-refractivity contribution is 0.136. The molecular formula is C9H19N3O2S. The van der Waals surface area contributed by atoms with Gasteiger partial charge >= 0.3 is 6.03 Å². The van der Waals surface area contributed by atoms with Gasteiger partial charge in [0.05, 0.1) is 11.6 Å². The maximum absolute atomic E-state index is 11.7. The molecule has 0 saturated carbocycles. The molecule has 15 heavy (non-hydrogen) atoms. The van der Waals surface area contributed by atoms with Gasteiger partial charge in [-0.05, 0) is 0 Å². The number of thiocarbonyl (C=S) groups is 1. The third kappa shape index (κ3) is 6.24. The van der Waals surface area contributed by atoms with E-state index in [-0.39, 0.29) is 6.03 Å². The number of rotatable bonds is 6. The fraction of sp³-hybridized carbons (Fsp3) is 0.778. The van der Waals surface area contributed by atoms with E-state index in [0.29, 0.717) is 31.1 Å². The van der Waals surface area contributed by atoms with Crippen molar-refractivity contribution in [2.45, 2.75) is 6.42 Å². The minimum Gasteiger partial charge on any atom is -0.393 e. The molecule has 0 rings (SSSR count). The summed E-state index contributed by atoms with van der Waals surface area (Å²) in [5.41, 5.74) is 5.39. The lowest BCUT2D eigenvalue weighted by Crippen LogP contribution is -2.42. The fourth-order valence-electron chi connectivity index (χ4n) is 1.03. The van der Waals surface area contributed by atoms with E-state index in [1.54, 1.807) is 26.1 Å². The molecule has 0 aromatic heterocycles. The summed E-state index contributed by atoms with van der Waals surface area (Å²) in [6.45, 7) is 1.60. The molecule has 0 atom stereocenters. The summed E-state index contributed by atoms with van der Waals surface area (Å²) in [6.07, 6.45) is 0.540. The summed E-state index contributed by atoms with van der Waals surface area (Å²) in [7, 11) is 5.03. The quantitative estimate of drug-likeness (QED) is 0.670. The number of urea groups is 1. The normalized spacial score (nSPS) is 9.80. The lowest BCUT2D eigenvalue weighted by Gasteiger charge is -2.25. The number of carbonyl (C=O) groups is 1. The monoisotopic (exact) mass is 233 g/mol. The van der Waals surface area contributed by atoms with Gasteiger partial charge in [0.2, 0.25) is 0 Å². The molecule has 0 radical (unpaired) electrons. The highest BCUT2D eigenvalue weighted by Gasteiger charge is 2.14. The Hall–Kier alpha value is -0.880. The first-order chi connectivity index (χ1) is 6.99. The van der Waals surface area contributed by atoms with Crippen LogP contribution in [0.25, 0.3) is 0 Å². The van der Waals surface area contributed by atoms with Crippen molar-refractivity contribution in [2.24, 2.45) is 5.73 Å². The number of amides is 2. The van der Waals surface area contributed by atoms with Crippen molar-refractivity contribution < 1.29 is 9.53 Å². The maximum Gasteiger partial charge on any atom is 0.319 e. The molecule has 0 bridgehead atoms.